The van der Waals surface area contributed by atoms with Crippen molar-refractivity contribution in [1.82, 2.24) is 0 Å². The van der Waals surface area contributed by atoms with Gasteiger partial charge in [-0.2, -0.15) is 0 Å². The van der Waals surface area contributed by atoms with E-state index in [-0.39, 0.29) is 5.63 Å². The summed E-state index contributed by atoms with van der Waals surface area (Å²) in [7, 11) is 0. The van der Waals surface area contributed by atoms with Crippen LogP contribution in [-0.2, 0) is 6.54 Å². The highest BCUT2D eigenvalue weighted by molar-refractivity contribution is 6.33. The van der Waals surface area contributed by atoms with Crippen LogP contribution in [0.2, 0.25) is 5.02 Å². The average Bonchev–Trinajstić information content (AvgIpc) is 3.31. The summed E-state index contributed by atoms with van der Waals surface area (Å²) in [6, 6.07) is 2.52. The van der Waals surface area contributed by atoms with E-state index in [0.29, 0.717) is 34.7 Å². The van der Waals surface area contributed by atoms with Crippen LogP contribution in [0.5, 0.6) is 5.75 Å². The minimum Gasteiger partial charge on any atom is -0.443 e. The number of benzene rings is 1. The van der Waals surface area contributed by atoms with Crippen molar-refractivity contribution >= 4 is 22.6 Å². The van der Waals surface area contributed by atoms with E-state index in [0.717, 1.165) is 23.1 Å². The predicted octanol–water partition coefficient (Wildman–Crippen LogP) is 1.96. The van der Waals surface area contributed by atoms with Crippen LogP contribution in [0.25, 0.3) is 11.0 Å². The number of rotatable bonds is 1. The zero-order valence-corrected chi connectivity index (χ0v) is 12.8. The van der Waals surface area contributed by atoms with Crippen molar-refractivity contribution in [1.29, 1.82) is 0 Å². The maximum atomic E-state index is 12.0. The summed E-state index contributed by atoms with van der Waals surface area (Å²) in [5, 5.41) is 1.51. The third-order valence-electron chi connectivity index (χ3n) is 4.71. The Morgan fingerprint density at radius 3 is 2.76 bits per heavy atom. The van der Waals surface area contributed by atoms with Crippen LogP contribution in [-0.4, -0.2) is 12.8 Å². The molecular weight excluding hydrogens is 290 g/mol. The van der Waals surface area contributed by atoms with Gasteiger partial charge in [-0.25, -0.2) is 4.79 Å². The zero-order chi connectivity index (χ0) is 14.7. The van der Waals surface area contributed by atoms with Gasteiger partial charge < -0.3 is 9.15 Å². The van der Waals surface area contributed by atoms with Gasteiger partial charge in [0.05, 0.1) is 16.6 Å². The molecule has 0 saturated heterocycles. The molecule has 21 heavy (non-hydrogen) atoms. The van der Waals surface area contributed by atoms with Gasteiger partial charge in [0.1, 0.15) is 6.54 Å². The highest BCUT2D eigenvalue weighted by atomic mass is 35.5. The molecule has 1 N–H and O–H groups in total. The molecule has 0 spiro atoms. The Morgan fingerprint density at radius 2 is 2.05 bits per heavy atom. The second-order valence-electron chi connectivity index (χ2n) is 6.08. The van der Waals surface area contributed by atoms with Gasteiger partial charge in [-0.3, -0.25) is 4.90 Å². The SMILES string of the molecule is Cc1c(C)c2cc(Cl)c3c(c2oc1=O)C[NH+](C1CC1)CO3. The van der Waals surface area contributed by atoms with Gasteiger partial charge in [-0.05, 0) is 25.5 Å². The monoisotopic (exact) mass is 306 g/mol. The molecule has 1 aromatic heterocycles. The number of ether oxygens (including phenoxy) is 1. The van der Waals surface area contributed by atoms with Crippen LogP contribution in [0.4, 0.5) is 0 Å². The van der Waals surface area contributed by atoms with Crippen molar-refractivity contribution in [2.24, 2.45) is 0 Å². The third-order valence-corrected chi connectivity index (χ3v) is 4.99. The van der Waals surface area contributed by atoms with Crippen LogP contribution in [0.3, 0.4) is 0 Å². The van der Waals surface area contributed by atoms with Gasteiger partial charge in [0.2, 0.25) is 6.73 Å². The quantitative estimate of drug-likeness (QED) is 0.819. The Hall–Kier alpha value is -1.52. The fourth-order valence-corrected chi connectivity index (χ4v) is 3.38. The Kier molecular flexibility index (Phi) is 2.81. The minimum absolute atomic E-state index is 0.275. The smallest absolute Gasteiger partial charge is 0.339 e. The molecule has 2 heterocycles. The van der Waals surface area contributed by atoms with E-state index >= 15 is 0 Å². The normalized spacial score (nSPS) is 21.2. The Balaban J connectivity index is 1.99. The Labute approximate surface area is 127 Å². The van der Waals surface area contributed by atoms with E-state index in [9.17, 15) is 4.79 Å². The van der Waals surface area contributed by atoms with Gasteiger partial charge in [0.25, 0.3) is 0 Å². The van der Waals surface area contributed by atoms with E-state index < -0.39 is 0 Å². The molecule has 1 aliphatic carbocycles. The summed E-state index contributed by atoms with van der Waals surface area (Å²) in [4.78, 5) is 13.4. The van der Waals surface area contributed by atoms with E-state index in [2.05, 4.69) is 0 Å². The van der Waals surface area contributed by atoms with Crippen molar-refractivity contribution in [3.05, 3.63) is 38.2 Å². The molecule has 4 rings (SSSR count). The van der Waals surface area contributed by atoms with Gasteiger partial charge in [0.15, 0.2) is 11.3 Å². The van der Waals surface area contributed by atoms with E-state index in [1.807, 2.05) is 13.0 Å². The molecule has 1 saturated carbocycles. The summed E-state index contributed by atoms with van der Waals surface area (Å²) < 4.78 is 11.4. The van der Waals surface area contributed by atoms with Crippen LogP contribution in [0, 0.1) is 13.8 Å². The zero-order valence-electron chi connectivity index (χ0n) is 12.1. The largest absolute Gasteiger partial charge is 0.443 e. The molecule has 4 nitrogen and oxygen atoms in total. The summed E-state index contributed by atoms with van der Waals surface area (Å²) in [5.74, 6) is 0.681. The molecule has 1 unspecified atom stereocenters. The van der Waals surface area contributed by atoms with Crippen molar-refractivity contribution < 1.29 is 14.1 Å². The van der Waals surface area contributed by atoms with Crippen molar-refractivity contribution in [3.63, 3.8) is 0 Å². The maximum Gasteiger partial charge on any atom is 0.339 e. The fourth-order valence-electron chi connectivity index (χ4n) is 3.10. The standard InChI is InChI=1S/C16H16ClNO3/c1-8-9(2)16(19)21-14-11(8)5-13(17)15-12(14)6-18(7-20-15)10-3-4-10/h5,10H,3-4,6-7H2,1-2H3/p+1. The lowest BCUT2D eigenvalue weighted by Gasteiger charge is -2.27. The van der Waals surface area contributed by atoms with Crippen LogP contribution in [0.1, 0.15) is 29.5 Å². The van der Waals surface area contributed by atoms with Gasteiger partial charge in [-0.1, -0.05) is 11.6 Å². The molecule has 1 fully saturated rings. The molecule has 0 bridgehead atoms. The van der Waals surface area contributed by atoms with Crippen molar-refractivity contribution in [3.8, 4) is 5.75 Å². The molecule has 0 radical (unpaired) electrons. The summed E-state index contributed by atoms with van der Waals surface area (Å²) in [6.45, 7) is 5.17. The van der Waals surface area contributed by atoms with Gasteiger partial charge in [0, 0.05) is 23.8 Å². The lowest BCUT2D eigenvalue weighted by molar-refractivity contribution is -0.943. The van der Waals surface area contributed by atoms with E-state index in [1.54, 1.807) is 6.92 Å². The predicted molar refractivity (Wildman–Crippen MR) is 80.2 cm³/mol. The first-order valence-corrected chi connectivity index (χ1v) is 7.67. The van der Waals surface area contributed by atoms with Gasteiger partial charge in [-0.15, -0.1) is 0 Å². The topological polar surface area (TPSA) is 43.9 Å². The van der Waals surface area contributed by atoms with E-state index in [4.69, 9.17) is 20.8 Å². The highest BCUT2D eigenvalue weighted by Crippen LogP contribution is 2.37. The maximum absolute atomic E-state index is 12.0. The summed E-state index contributed by atoms with van der Waals surface area (Å²) >= 11 is 6.37. The minimum atomic E-state index is -0.275. The molecule has 2 aliphatic rings. The fraction of sp³-hybridized carbons (Fsp3) is 0.438. The molecule has 0 amide bonds. The first-order chi connectivity index (χ1) is 10.1. The van der Waals surface area contributed by atoms with Gasteiger partial charge >= 0.3 is 5.63 Å². The molecule has 1 aromatic carbocycles. The number of hydrogen-bond donors (Lipinski definition) is 1. The number of aryl methyl sites for hydroxylation is 1. The summed E-state index contributed by atoms with van der Waals surface area (Å²) in [6.07, 6.45) is 2.49. The highest BCUT2D eigenvalue weighted by Gasteiger charge is 2.38. The number of halogens is 1. The van der Waals surface area contributed by atoms with E-state index in [1.165, 1.54) is 17.7 Å². The molecule has 1 atom stereocenters. The lowest BCUT2D eigenvalue weighted by atomic mass is 10.0. The summed E-state index contributed by atoms with van der Waals surface area (Å²) in [5.41, 5.74) is 2.88. The second kappa shape index (κ2) is 4.49. The molecule has 5 heteroatoms. The molecule has 2 aromatic rings. The Bertz CT molecular complexity index is 807. The average molecular weight is 307 g/mol. The molecular formula is C16H17ClNO3+. The van der Waals surface area contributed by atoms with Crippen molar-refractivity contribution in [2.45, 2.75) is 39.3 Å². The number of hydrogen-bond acceptors (Lipinski definition) is 3. The second-order valence-corrected chi connectivity index (χ2v) is 6.49. The van der Waals surface area contributed by atoms with Crippen molar-refractivity contribution in [2.75, 3.05) is 6.73 Å². The van der Waals surface area contributed by atoms with Crippen LogP contribution in [0.15, 0.2) is 15.3 Å². The van der Waals surface area contributed by atoms with Crippen LogP contribution >= 0.6 is 11.6 Å². The lowest BCUT2D eigenvalue weighted by Crippen LogP contribution is -3.13. The first kappa shape index (κ1) is 13.2. The number of quaternary nitrogens is 1. The molecule has 110 valence electrons. The molecule has 1 aliphatic heterocycles. The first-order valence-electron chi connectivity index (χ1n) is 7.29. The Morgan fingerprint density at radius 1 is 1.29 bits per heavy atom. The third kappa shape index (κ3) is 1.97. The number of nitrogens with one attached hydrogen (secondary N) is 1. The van der Waals surface area contributed by atoms with Crippen LogP contribution < -0.4 is 15.3 Å². The number of fused-ring (bicyclic) bond motifs is 3.